The number of hydrogen-bond donors (Lipinski definition) is 1. The minimum Gasteiger partial charge on any atom is -0.353 e. The van der Waals surface area contributed by atoms with Crippen molar-refractivity contribution in [2.45, 2.75) is 32.0 Å². The molecule has 3 aliphatic heterocycles. The van der Waals surface area contributed by atoms with Gasteiger partial charge in [-0.25, -0.2) is 19.3 Å². The number of aromatic amines is 1. The van der Waals surface area contributed by atoms with Crippen LogP contribution in [-0.2, 0) is 6.54 Å². The van der Waals surface area contributed by atoms with E-state index >= 15 is 0 Å². The van der Waals surface area contributed by atoms with Gasteiger partial charge < -0.3 is 9.88 Å². The molecule has 2 atom stereocenters. The summed E-state index contributed by atoms with van der Waals surface area (Å²) in [4.78, 5) is 21.3. The highest BCUT2D eigenvalue weighted by Gasteiger charge is 2.44. The van der Waals surface area contributed by atoms with Gasteiger partial charge in [-0.15, -0.1) is 0 Å². The summed E-state index contributed by atoms with van der Waals surface area (Å²) in [7, 11) is 0. The molecule has 3 saturated heterocycles. The van der Waals surface area contributed by atoms with Gasteiger partial charge in [0.1, 0.15) is 23.6 Å². The maximum atomic E-state index is 14.2. The Morgan fingerprint density at radius 2 is 1.94 bits per heavy atom. The highest BCUT2D eigenvalue weighted by molar-refractivity contribution is 5.90. The van der Waals surface area contributed by atoms with E-state index in [1.54, 1.807) is 12.4 Å². The van der Waals surface area contributed by atoms with Crippen LogP contribution in [0.25, 0.3) is 22.3 Å². The minimum atomic E-state index is -0.106. The van der Waals surface area contributed by atoms with Crippen LogP contribution in [0.4, 0.5) is 10.2 Å². The molecule has 0 amide bonds. The van der Waals surface area contributed by atoms with Crippen molar-refractivity contribution in [3.63, 3.8) is 0 Å². The third kappa shape index (κ3) is 3.16. The Kier molecular flexibility index (Phi) is 4.24. The molecule has 0 saturated carbocycles. The van der Waals surface area contributed by atoms with Crippen LogP contribution in [0, 0.1) is 12.7 Å². The Morgan fingerprint density at radius 3 is 2.74 bits per heavy atom. The van der Waals surface area contributed by atoms with Gasteiger partial charge in [0, 0.05) is 60.6 Å². The van der Waals surface area contributed by atoms with Crippen LogP contribution in [0.15, 0.2) is 55.1 Å². The summed E-state index contributed by atoms with van der Waals surface area (Å²) in [5.41, 5.74) is 4.60. The molecule has 2 unspecified atom stereocenters. The first-order chi connectivity index (χ1) is 15.2. The molecule has 6 heterocycles. The molecule has 1 aromatic carbocycles. The Labute approximate surface area is 179 Å². The number of rotatable bonds is 4. The van der Waals surface area contributed by atoms with Crippen LogP contribution in [0.1, 0.15) is 17.5 Å². The molecule has 0 aliphatic carbocycles. The molecule has 0 radical (unpaired) electrons. The number of hydrogen-bond acceptors (Lipinski definition) is 5. The van der Waals surface area contributed by atoms with E-state index in [1.807, 2.05) is 37.5 Å². The number of piperazine rings is 1. The van der Waals surface area contributed by atoms with Crippen molar-refractivity contribution in [1.29, 1.82) is 0 Å². The van der Waals surface area contributed by atoms with Crippen LogP contribution >= 0.6 is 0 Å². The number of benzene rings is 1. The topological polar surface area (TPSA) is 60.9 Å². The normalized spacial score (nSPS) is 20.8. The number of fused-ring (bicyclic) bond motifs is 3. The van der Waals surface area contributed by atoms with E-state index in [2.05, 4.69) is 36.9 Å². The van der Waals surface area contributed by atoms with E-state index in [4.69, 9.17) is 4.98 Å². The number of aryl methyl sites for hydroxylation is 1. The van der Waals surface area contributed by atoms with Crippen LogP contribution in [-0.4, -0.2) is 50.0 Å². The average molecular weight is 414 g/mol. The fourth-order valence-electron chi connectivity index (χ4n) is 4.97. The van der Waals surface area contributed by atoms with E-state index in [-0.39, 0.29) is 5.82 Å². The average Bonchev–Trinajstić information content (AvgIpc) is 3.29. The van der Waals surface area contributed by atoms with Crippen molar-refractivity contribution in [3.05, 3.63) is 72.1 Å². The Morgan fingerprint density at radius 1 is 1.06 bits per heavy atom. The van der Waals surface area contributed by atoms with Gasteiger partial charge in [-0.3, -0.25) is 4.90 Å². The van der Waals surface area contributed by atoms with Gasteiger partial charge in [0.05, 0.1) is 5.69 Å². The molecule has 7 rings (SSSR count). The summed E-state index contributed by atoms with van der Waals surface area (Å²) < 4.78 is 14.2. The Hall–Kier alpha value is -3.32. The second-order valence-corrected chi connectivity index (χ2v) is 8.58. The number of nitrogens with one attached hydrogen (secondary N) is 1. The molecule has 31 heavy (non-hydrogen) atoms. The maximum Gasteiger partial charge on any atom is 0.141 e. The number of nitrogens with zero attached hydrogens (tertiary/aromatic N) is 5. The lowest BCUT2D eigenvalue weighted by Crippen LogP contribution is -2.68. The third-order valence-corrected chi connectivity index (χ3v) is 6.60. The highest BCUT2D eigenvalue weighted by atomic mass is 19.1. The first kappa shape index (κ1) is 18.4. The smallest absolute Gasteiger partial charge is 0.141 e. The van der Waals surface area contributed by atoms with E-state index < -0.39 is 0 Å². The zero-order valence-corrected chi connectivity index (χ0v) is 17.3. The molecule has 156 valence electrons. The summed E-state index contributed by atoms with van der Waals surface area (Å²) in [6.07, 6.45) is 6.52. The number of piperidine rings is 1. The van der Waals surface area contributed by atoms with E-state index in [9.17, 15) is 4.39 Å². The lowest BCUT2D eigenvalue weighted by molar-refractivity contribution is -0.00946. The molecule has 2 bridgehead atoms. The molecular weight excluding hydrogens is 391 g/mol. The lowest BCUT2D eigenvalue weighted by atomic mass is 9.86. The zero-order chi connectivity index (χ0) is 20.9. The van der Waals surface area contributed by atoms with Gasteiger partial charge in [0.25, 0.3) is 0 Å². The number of anilines is 1. The zero-order valence-electron chi connectivity index (χ0n) is 17.3. The van der Waals surface area contributed by atoms with Crippen molar-refractivity contribution < 1.29 is 4.39 Å². The largest absolute Gasteiger partial charge is 0.353 e. The van der Waals surface area contributed by atoms with Crippen molar-refractivity contribution in [1.82, 2.24) is 24.8 Å². The standard InChI is InChI=1S/C24H23FN6/c1-15-2-4-21(25)17(8-15)11-31-18-9-19(31)13-30(12-18)22-5-3-16(10-27-22)23-20-6-7-26-24(20)29-14-28-23/h2-8,10,14,18-19H,9,11-13H2,1H3,(H,26,28,29). The molecule has 3 aromatic heterocycles. The summed E-state index contributed by atoms with van der Waals surface area (Å²) >= 11 is 0. The first-order valence-electron chi connectivity index (χ1n) is 10.7. The lowest BCUT2D eigenvalue weighted by Gasteiger charge is -2.56. The molecule has 0 spiro atoms. The number of pyridine rings is 1. The van der Waals surface area contributed by atoms with Gasteiger partial charge >= 0.3 is 0 Å². The molecule has 6 nitrogen and oxygen atoms in total. The molecule has 3 fully saturated rings. The first-order valence-corrected chi connectivity index (χ1v) is 10.7. The van der Waals surface area contributed by atoms with Crippen molar-refractivity contribution in [3.8, 4) is 11.3 Å². The predicted molar refractivity (Wildman–Crippen MR) is 118 cm³/mol. The van der Waals surface area contributed by atoms with E-state index in [1.165, 1.54) is 6.42 Å². The second kappa shape index (κ2) is 7.13. The number of halogens is 1. The predicted octanol–water partition coefficient (Wildman–Crippen LogP) is 3.93. The molecule has 7 heteroatoms. The molecule has 3 aliphatic rings. The van der Waals surface area contributed by atoms with Crippen molar-refractivity contribution >= 4 is 16.9 Å². The number of H-pyrrole nitrogens is 1. The second-order valence-electron chi connectivity index (χ2n) is 8.58. The van der Waals surface area contributed by atoms with E-state index in [0.717, 1.165) is 52.3 Å². The Balaban J connectivity index is 1.17. The monoisotopic (exact) mass is 414 g/mol. The summed E-state index contributed by atoms with van der Waals surface area (Å²) in [6.45, 7) is 4.54. The molecule has 4 aromatic rings. The van der Waals surface area contributed by atoms with Crippen molar-refractivity contribution in [2.75, 3.05) is 18.0 Å². The van der Waals surface area contributed by atoms with Gasteiger partial charge in [-0.2, -0.15) is 0 Å². The molecular formula is C24H23FN6. The Bertz CT molecular complexity index is 1240. The van der Waals surface area contributed by atoms with E-state index in [0.29, 0.717) is 18.6 Å². The summed E-state index contributed by atoms with van der Waals surface area (Å²) in [5, 5.41) is 0.996. The summed E-state index contributed by atoms with van der Waals surface area (Å²) in [6, 6.07) is 12.4. The fraction of sp³-hybridized carbons (Fsp3) is 0.292. The molecule has 1 N–H and O–H groups in total. The van der Waals surface area contributed by atoms with Crippen LogP contribution in [0.5, 0.6) is 0 Å². The van der Waals surface area contributed by atoms with Crippen LogP contribution < -0.4 is 4.90 Å². The van der Waals surface area contributed by atoms with Crippen LogP contribution in [0.2, 0.25) is 0 Å². The van der Waals surface area contributed by atoms with Crippen LogP contribution in [0.3, 0.4) is 0 Å². The quantitative estimate of drug-likeness (QED) is 0.548. The van der Waals surface area contributed by atoms with Crippen molar-refractivity contribution in [2.24, 2.45) is 0 Å². The number of aromatic nitrogens is 4. The maximum absolute atomic E-state index is 14.2. The fourth-order valence-corrected chi connectivity index (χ4v) is 4.97. The van der Waals surface area contributed by atoms with Gasteiger partial charge in [-0.05, 0) is 37.6 Å². The summed E-state index contributed by atoms with van der Waals surface area (Å²) in [5.74, 6) is 0.880. The van der Waals surface area contributed by atoms with Gasteiger partial charge in [0.2, 0.25) is 0 Å². The minimum absolute atomic E-state index is 0.106. The van der Waals surface area contributed by atoms with Gasteiger partial charge in [-0.1, -0.05) is 17.7 Å². The van der Waals surface area contributed by atoms with Gasteiger partial charge in [0.15, 0.2) is 0 Å². The third-order valence-electron chi connectivity index (χ3n) is 6.60. The SMILES string of the molecule is Cc1ccc(F)c(CN2C3CC2CN(c2ccc(-c4ncnc5[nH]ccc45)cn2)C3)c1. The highest BCUT2D eigenvalue weighted by Crippen LogP contribution is 2.36.